The molecule has 0 radical (unpaired) electrons. The van der Waals surface area contributed by atoms with Crippen molar-refractivity contribution in [1.82, 2.24) is 9.78 Å². The van der Waals surface area contributed by atoms with E-state index in [0.29, 0.717) is 16.6 Å². The Morgan fingerprint density at radius 2 is 2.14 bits per heavy atom. The van der Waals surface area contributed by atoms with Gasteiger partial charge in [0, 0.05) is 21.8 Å². The fourth-order valence-electron chi connectivity index (χ4n) is 2.44. The van der Waals surface area contributed by atoms with Crippen LogP contribution in [0.3, 0.4) is 0 Å². The number of hydrogen-bond acceptors (Lipinski definition) is 3. The van der Waals surface area contributed by atoms with Crippen molar-refractivity contribution in [2.45, 2.75) is 32.7 Å². The van der Waals surface area contributed by atoms with E-state index in [-0.39, 0.29) is 16.0 Å². The van der Waals surface area contributed by atoms with Gasteiger partial charge in [0.1, 0.15) is 0 Å². The minimum atomic E-state index is -0.378. The minimum absolute atomic E-state index is 0.0809. The summed E-state index contributed by atoms with van der Waals surface area (Å²) in [6.07, 6.45) is 0. The van der Waals surface area contributed by atoms with Crippen LogP contribution in [0.1, 0.15) is 34.8 Å². The lowest BCUT2D eigenvalue weighted by Crippen LogP contribution is -2.07. The summed E-state index contributed by atoms with van der Waals surface area (Å²) in [6.45, 7) is 6.07. The number of benzene rings is 1. The first-order chi connectivity index (χ1) is 9.81. The van der Waals surface area contributed by atoms with Gasteiger partial charge in [-0.25, -0.2) is 0 Å². The second-order valence-electron chi connectivity index (χ2n) is 4.89. The summed E-state index contributed by atoms with van der Waals surface area (Å²) in [7, 11) is 0. The number of alkyl halides is 1. The molecule has 1 heterocycles. The fraction of sp³-hybridized carbons (Fsp3) is 0.357. The van der Waals surface area contributed by atoms with Crippen molar-refractivity contribution < 1.29 is 4.92 Å². The highest BCUT2D eigenvalue weighted by Crippen LogP contribution is 2.28. The summed E-state index contributed by atoms with van der Waals surface area (Å²) < 4.78 is 2.45. The molecule has 0 saturated carbocycles. The largest absolute Gasteiger partial charge is 0.275 e. The van der Waals surface area contributed by atoms with E-state index >= 15 is 0 Å². The second-order valence-corrected chi connectivity index (χ2v) is 6.46. The molecule has 0 aliphatic heterocycles. The Labute approximate surface area is 136 Å². The zero-order chi connectivity index (χ0) is 15.7. The van der Waals surface area contributed by atoms with Gasteiger partial charge in [-0.2, -0.15) is 5.10 Å². The highest BCUT2D eigenvalue weighted by Gasteiger charge is 2.19. The molecule has 2 aromatic rings. The third-order valence-corrected chi connectivity index (χ3v) is 4.11. The minimum Gasteiger partial charge on any atom is -0.265 e. The zero-order valence-electron chi connectivity index (χ0n) is 11.9. The lowest BCUT2D eigenvalue weighted by molar-refractivity contribution is -0.385. The summed E-state index contributed by atoms with van der Waals surface area (Å²) in [5, 5.41) is 15.5. The van der Waals surface area contributed by atoms with Gasteiger partial charge in [0.05, 0.1) is 28.1 Å². The number of nitro benzene ring substituents is 1. The zero-order valence-corrected chi connectivity index (χ0v) is 14.3. The van der Waals surface area contributed by atoms with Crippen LogP contribution >= 0.6 is 27.5 Å². The van der Waals surface area contributed by atoms with Crippen molar-refractivity contribution in [3.05, 3.63) is 55.3 Å². The Hall–Kier alpha value is -1.40. The van der Waals surface area contributed by atoms with Crippen molar-refractivity contribution >= 4 is 33.2 Å². The van der Waals surface area contributed by atoms with Crippen LogP contribution in [-0.2, 0) is 6.54 Å². The SMILES string of the molecule is Cc1nn(Cc2ccc(Br)cc2[N+](=O)[O-])c(C)c1C(C)Cl. The number of nitro groups is 1. The van der Waals surface area contributed by atoms with Crippen molar-refractivity contribution in [1.29, 1.82) is 0 Å². The van der Waals surface area contributed by atoms with E-state index in [0.717, 1.165) is 17.0 Å². The maximum Gasteiger partial charge on any atom is 0.275 e. The molecule has 0 amide bonds. The van der Waals surface area contributed by atoms with E-state index in [1.807, 2.05) is 20.8 Å². The molecule has 1 aromatic carbocycles. The summed E-state index contributed by atoms with van der Waals surface area (Å²) in [6, 6.07) is 5.04. The van der Waals surface area contributed by atoms with Crippen LogP contribution in [0.4, 0.5) is 5.69 Å². The second kappa shape index (κ2) is 6.15. The van der Waals surface area contributed by atoms with Gasteiger partial charge in [-0.15, -0.1) is 11.6 Å². The number of nitrogens with zero attached hydrogens (tertiary/aromatic N) is 3. The Kier molecular flexibility index (Phi) is 4.68. The van der Waals surface area contributed by atoms with E-state index in [1.54, 1.807) is 16.8 Å². The maximum atomic E-state index is 11.2. The van der Waals surface area contributed by atoms with Crippen LogP contribution in [0.5, 0.6) is 0 Å². The molecule has 0 spiro atoms. The molecule has 0 bridgehead atoms. The molecule has 0 fully saturated rings. The standard InChI is InChI=1S/C14H15BrClN3O2/c1-8(16)14-9(2)17-18(10(14)3)7-11-4-5-12(15)6-13(11)19(20)21/h4-6,8H,7H2,1-3H3. The highest BCUT2D eigenvalue weighted by atomic mass is 79.9. The highest BCUT2D eigenvalue weighted by molar-refractivity contribution is 9.10. The molecule has 5 nitrogen and oxygen atoms in total. The lowest BCUT2D eigenvalue weighted by atomic mass is 10.1. The van der Waals surface area contributed by atoms with Crippen LogP contribution in [0.2, 0.25) is 0 Å². The lowest BCUT2D eigenvalue weighted by Gasteiger charge is -2.08. The third-order valence-electron chi connectivity index (χ3n) is 3.40. The average Bonchev–Trinajstić information content (AvgIpc) is 2.66. The van der Waals surface area contributed by atoms with Crippen LogP contribution in [0, 0.1) is 24.0 Å². The average molecular weight is 373 g/mol. The van der Waals surface area contributed by atoms with Gasteiger partial charge in [0.25, 0.3) is 5.69 Å². The van der Waals surface area contributed by atoms with Gasteiger partial charge in [0.15, 0.2) is 0 Å². The Bertz CT molecular complexity index is 698. The number of hydrogen-bond donors (Lipinski definition) is 0. The predicted molar refractivity (Wildman–Crippen MR) is 85.9 cm³/mol. The van der Waals surface area contributed by atoms with E-state index < -0.39 is 0 Å². The molecule has 2 rings (SSSR count). The van der Waals surface area contributed by atoms with Gasteiger partial charge in [-0.1, -0.05) is 15.9 Å². The molecule has 1 atom stereocenters. The van der Waals surface area contributed by atoms with Crippen molar-refractivity contribution in [3.63, 3.8) is 0 Å². The number of aromatic nitrogens is 2. The third kappa shape index (κ3) is 3.27. The van der Waals surface area contributed by atoms with E-state index in [9.17, 15) is 10.1 Å². The monoisotopic (exact) mass is 371 g/mol. The van der Waals surface area contributed by atoms with Gasteiger partial charge < -0.3 is 0 Å². The first kappa shape index (κ1) is 16.0. The smallest absolute Gasteiger partial charge is 0.265 e. The van der Waals surface area contributed by atoms with E-state index in [4.69, 9.17) is 11.6 Å². The molecular formula is C14H15BrClN3O2. The molecule has 0 N–H and O–H groups in total. The molecular weight excluding hydrogens is 358 g/mol. The summed E-state index contributed by atoms with van der Waals surface area (Å²) >= 11 is 9.42. The molecule has 1 unspecified atom stereocenters. The van der Waals surface area contributed by atoms with Crippen molar-refractivity contribution in [2.75, 3.05) is 0 Å². The summed E-state index contributed by atoms with van der Waals surface area (Å²) in [4.78, 5) is 10.8. The fourth-order valence-corrected chi connectivity index (χ4v) is 3.11. The van der Waals surface area contributed by atoms with Gasteiger partial charge in [0.2, 0.25) is 0 Å². The molecule has 7 heteroatoms. The van der Waals surface area contributed by atoms with Crippen LogP contribution < -0.4 is 0 Å². The topological polar surface area (TPSA) is 61.0 Å². The number of halogens is 2. The summed E-state index contributed by atoms with van der Waals surface area (Å²) in [5.74, 6) is 0. The van der Waals surface area contributed by atoms with Gasteiger partial charge >= 0.3 is 0 Å². The maximum absolute atomic E-state index is 11.2. The summed E-state index contributed by atoms with van der Waals surface area (Å²) in [5.41, 5.74) is 3.47. The molecule has 0 aliphatic rings. The van der Waals surface area contributed by atoms with Gasteiger partial charge in [-0.3, -0.25) is 14.8 Å². The Morgan fingerprint density at radius 1 is 1.48 bits per heavy atom. The molecule has 1 aromatic heterocycles. The van der Waals surface area contributed by atoms with Crippen molar-refractivity contribution in [2.24, 2.45) is 0 Å². The first-order valence-electron chi connectivity index (χ1n) is 6.42. The van der Waals surface area contributed by atoms with E-state index in [2.05, 4.69) is 21.0 Å². The molecule has 112 valence electrons. The number of aryl methyl sites for hydroxylation is 1. The molecule has 21 heavy (non-hydrogen) atoms. The Balaban J connectivity index is 2.44. The predicted octanol–water partition coefficient (Wildman–Crippen LogP) is 4.52. The number of rotatable bonds is 4. The van der Waals surface area contributed by atoms with Crippen molar-refractivity contribution in [3.8, 4) is 0 Å². The quantitative estimate of drug-likeness (QED) is 0.450. The van der Waals surface area contributed by atoms with Crippen LogP contribution in [0.15, 0.2) is 22.7 Å². The van der Waals surface area contributed by atoms with Crippen LogP contribution in [-0.4, -0.2) is 14.7 Å². The molecule has 0 aliphatic carbocycles. The van der Waals surface area contributed by atoms with Crippen LogP contribution in [0.25, 0.3) is 0 Å². The van der Waals surface area contributed by atoms with Gasteiger partial charge in [-0.05, 0) is 32.9 Å². The first-order valence-corrected chi connectivity index (χ1v) is 7.65. The normalized spacial score (nSPS) is 12.4. The Morgan fingerprint density at radius 3 is 2.67 bits per heavy atom. The molecule has 0 saturated heterocycles. The van der Waals surface area contributed by atoms with E-state index in [1.165, 1.54) is 6.07 Å².